The number of hydrogen-bond acceptors (Lipinski definition) is 3. The molecule has 3 rings (SSSR count). The van der Waals surface area contributed by atoms with Crippen molar-refractivity contribution in [3.63, 3.8) is 0 Å². The maximum absolute atomic E-state index is 12.7. The van der Waals surface area contributed by atoms with Crippen molar-refractivity contribution in [2.24, 2.45) is 0 Å². The van der Waals surface area contributed by atoms with Gasteiger partial charge in [-0.05, 0) is 37.1 Å². The highest BCUT2D eigenvalue weighted by Gasteiger charge is 2.19. The van der Waals surface area contributed by atoms with Crippen molar-refractivity contribution in [1.29, 1.82) is 5.26 Å². The Morgan fingerprint density at radius 3 is 2.42 bits per heavy atom. The van der Waals surface area contributed by atoms with Crippen molar-refractivity contribution in [2.45, 2.75) is 47.9 Å². The Kier molecular flexibility index (Phi) is 5.55. The van der Waals surface area contributed by atoms with Crippen molar-refractivity contribution >= 4 is 17.7 Å². The molecule has 1 aliphatic rings. The van der Waals surface area contributed by atoms with Crippen LogP contribution in [0.2, 0.25) is 0 Å². The molecule has 0 aliphatic heterocycles. The van der Waals surface area contributed by atoms with E-state index in [-0.39, 0.29) is 11.9 Å². The third-order valence-electron chi connectivity index (χ3n) is 4.30. The second-order valence-corrected chi connectivity index (χ2v) is 7.10. The summed E-state index contributed by atoms with van der Waals surface area (Å²) in [5.74, 6) is -0.0144. The van der Waals surface area contributed by atoms with Gasteiger partial charge in [0.15, 0.2) is 0 Å². The summed E-state index contributed by atoms with van der Waals surface area (Å²) in [4.78, 5) is 14.4. The quantitative estimate of drug-likeness (QED) is 0.875. The van der Waals surface area contributed by atoms with Crippen molar-refractivity contribution in [3.05, 3.63) is 59.7 Å². The van der Waals surface area contributed by atoms with E-state index in [9.17, 15) is 10.1 Å². The monoisotopic (exact) mass is 336 g/mol. The first-order chi connectivity index (χ1) is 11.8. The van der Waals surface area contributed by atoms with E-state index in [1.54, 1.807) is 6.07 Å². The Morgan fingerprint density at radius 2 is 1.67 bits per heavy atom. The fourth-order valence-electron chi connectivity index (χ4n) is 3.02. The van der Waals surface area contributed by atoms with E-state index in [4.69, 9.17) is 0 Å². The smallest absolute Gasteiger partial charge is 0.252 e. The number of carbonyl (C=O) groups excluding carboxylic acids is 1. The molecule has 1 N–H and O–H groups in total. The molecule has 122 valence electrons. The fraction of sp³-hybridized carbons (Fsp3) is 0.300. The highest BCUT2D eigenvalue weighted by molar-refractivity contribution is 7.99. The van der Waals surface area contributed by atoms with Crippen LogP contribution in [0.1, 0.15) is 48.0 Å². The SMILES string of the molecule is N#Cc1ccccc1Sc1ccccc1C(=O)NC1CCCCC1. The summed E-state index contributed by atoms with van der Waals surface area (Å²) in [7, 11) is 0. The molecule has 0 atom stereocenters. The van der Waals surface area contributed by atoms with Crippen LogP contribution in [0, 0.1) is 11.3 Å². The molecule has 0 saturated heterocycles. The van der Waals surface area contributed by atoms with Gasteiger partial charge in [0.2, 0.25) is 0 Å². The molecule has 2 aromatic rings. The second-order valence-electron chi connectivity index (χ2n) is 6.01. The van der Waals surface area contributed by atoms with Gasteiger partial charge in [0.05, 0.1) is 11.1 Å². The maximum atomic E-state index is 12.7. The minimum atomic E-state index is -0.0144. The topological polar surface area (TPSA) is 52.9 Å². The molecule has 0 aromatic heterocycles. The third kappa shape index (κ3) is 3.98. The van der Waals surface area contributed by atoms with Crippen LogP contribution in [0.3, 0.4) is 0 Å². The maximum Gasteiger partial charge on any atom is 0.252 e. The van der Waals surface area contributed by atoms with Crippen LogP contribution >= 0.6 is 11.8 Å². The van der Waals surface area contributed by atoms with Gasteiger partial charge in [-0.1, -0.05) is 55.3 Å². The zero-order valence-corrected chi connectivity index (χ0v) is 14.3. The molecule has 1 saturated carbocycles. The average Bonchev–Trinajstić information content (AvgIpc) is 2.63. The van der Waals surface area contributed by atoms with E-state index < -0.39 is 0 Å². The molecule has 0 bridgehead atoms. The summed E-state index contributed by atoms with van der Waals surface area (Å²) in [5.41, 5.74) is 1.31. The van der Waals surface area contributed by atoms with Crippen LogP contribution in [0.4, 0.5) is 0 Å². The summed E-state index contributed by atoms with van der Waals surface area (Å²) in [6.45, 7) is 0. The molecule has 4 heteroatoms. The van der Waals surface area contributed by atoms with E-state index in [2.05, 4.69) is 11.4 Å². The van der Waals surface area contributed by atoms with Gasteiger partial charge in [0, 0.05) is 15.8 Å². The first kappa shape index (κ1) is 16.6. The van der Waals surface area contributed by atoms with Crippen LogP contribution < -0.4 is 5.32 Å². The van der Waals surface area contributed by atoms with Crippen LogP contribution in [-0.2, 0) is 0 Å². The lowest BCUT2D eigenvalue weighted by Crippen LogP contribution is -2.36. The number of nitriles is 1. The minimum absolute atomic E-state index is 0.0144. The molecular weight excluding hydrogens is 316 g/mol. The lowest BCUT2D eigenvalue weighted by molar-refractivity contribution is 0.0925. The second kappa shape index (κ2) is 8.03. The highest BCUT2D eigenvalue weighted by atomic mass is 32.2. The number of nitrogens with zero attached hydrogens (tertiary/aromatic N) is 1. The molecular formula is C20H20N2OS. The number of benzene rings is 2. The molecule has 1 aliphatic carbocycles. The van der Waals surface area contributed by atoms with Crippen molar-refractivity contribution in [2.75, 3.05) is 0 Å². The normalized spacial score (nSPS) is 14.8. The van der Waals surface area contributed by atoms with Crippen molar-refractivity contribution in [1.82, 2.24) is 5.32 Å². The average molecular weight is 336 g/mol. The minimum Gasteiger partial charge on any atom is -0.349 e. The summed E-state index contributed by atoms with van der Waals surface area (Å²) in [6.07, 6.45) is 5.79. The van der Waals surface area contributed by atoms with Crippen molar-refractivity contribution in [3.8, 4) is 6.07 Å². The zero-order chi connectivity index (χ0) is 16.8. The van der Waals surface area contributed by atoms with Crippen molar-refractivity contribution < 1.29 is 4.79 Å². The van der Waals surface area contributed by atoms with Gasteiger partial charge in [0.25, 0.3) is 5.91 Å². The summed E-state index contributed by atoms with van der Waals surface area (Å²) in [5, 5.41) is 12.4. The van der Waals surface area contributed by atoms with E-state index in [1.807, 2.05) is 42.5 Å². The Morgan fingerprint density at radius 1 is 1.00 bits per heavy atom. The molecule has 1 fully saturated rings. The number of hydrogen-bond donors (Lipinski definition) is 1. The third-order valence-corrected chi connectivity index (χ3v) is 5.45. The van der Waals surface area contributed by atoms with Crippen LogP contribution in [0.25, 0.3) is 0 Å². The Balaban J connectivity index is 1.80. The van der Waals surface area contributed by atoms with E-state index in [0.29, 0.717) is 11.1 Å². The van der Waals surface area contributed by atoms with Gasteiger partial charge in [-0.2, -0.15) is 5.26 Å². The molecule has 0 unspecified atom stereocenters. The fourth-order valence-corrected chi connectivity index (χ4v) is 4.04. The Labute approximate surface area is 147 Å². The van der Waals surface area contributed by atoms with E-state index >= 15 is 0 Å². The lowest BCUT2D eigenvalue weighted by Gasteiger charge is -2.23. The van der Waals surface area contributed by atoms with E-state index in [1.165, 1.54) is 31.0 Å². The Hall–Kier alpha value is -2.25. The lowest BCUT2D eigenvalue weighted by atomic mass is 9.95. The zero-order valence-electron chi connectivity index (χ0n) is 13.5. The predicted molar refractivity (Wildman–Crippen MR) is 96.1 cm³/mol. The largest absolute Gasteiger partial charge is 0.349 e. The highest BCUT2D eigenvalue weighted by Crippen LogP contribution is 2.32. The van der Waals surface area contributed by atoms with Gasteiger partial charge in [-0.25, -0.2) is 0 Å². The van der Waals surface area contributed by atoms with Gasteiger partial charge >= 0.3 is 0 Å². The van der Waals surface area contributed by atoms with Gasteiger partial charge in [-0.15, -0.1) is 0 Å². The molecule has 2 aromatic carbocycles. The number of rotatable bonds is 4. The summed E-state index contributed by atoms with van der Waals surface area (Å²) in [6, 6.07) is 17.6. The van der Waals surface area contributed by atoms with E-state index in [0.717, 1.165) is 22.6 Å². The molecule has 0 heterocycles. The standard InChI is InChI=1S/C20H20N2OS/c21-14-15-8-4-6-12-18(15)24-19-13-7-5-11-17(19)20(23)22-16-9-2-1-3-10-16/h4-8,11-13,16H,1-3,9-10H2,(H,22,23). The predicted octanol–water partition coefficient (Wildman–Crippen LogP) is 4.77. The molecule has 0 spiro atoms. The van der Waals surface area contributed by atoms with Crippen LogP contribution in [0.5, 0.6) is 0 Å². The van der Waals surface area contributed by atoms with Gasteiger partial charge in [-0.3, -0.25) is 4.79 Å². The molecule has 24 heavy (non-hydrogen) atoms. The number of nitrogens with one attached hydrogen (secondary N) is 1. The molecule has 1 amide bonds. The number of carbonyl (C=O) groups is 1. The van der Waals surface area contributed by atoms with Crippen LogP contribution in [0.15, 0.2) is 58.3 Å². The Bertz CT molecular complexity index is 760. The summed E-state index contributed by atoms with van der Waals surface area (Å²) >= 11 is 1.47. The first-order valence-electron chi connectivity index (χ1n) is 8.35. The first-order valence-corrected chi connectivity index (χ1v) is 9.16. The summed E-state index contributed by atoms with van der Waals surface area (Å²) < 4.78 is 0. The molecule has 0 radical (unpaired) electrons. The molecule has 3 nitrogen and oxygen atoms in total. The van der Waals surface area contributed by atoms with Gasteiger partial charge in [0.1, 0.15) is 6.07 Å². The van der Waals surface area contributed by atoms with Crippen LogP contribution in [-0.4, -0.2) is 11.9 Å². The van der Waals surface area contributed by atoms with Gasteiger partial charge < -0.3 is 5.32 Å². The number of amides is 1.